The maximum Gasteiger partial charge on any atom is 0.306 e. The van der Waals surface area contributed by atoms with Crippen molar-refractivity contribution in [2.75, 3.05) is 6.54 Å². The van der Waals surface area contributed by atoms with Gasteiger partial charge in [0.2, 0.25) is 0 Å². The molecule has 1 amide bonds. The predicted molar refractivity (Wildman–Crippen MR) is 139 cm³/mol. The second-order valence-corrected chi connectivity index (χ2v) is 9.03. The van der Waals surface area contributed by atoms with Crippen molar-refractivity contribution in [3.8, 4) is 11.1 Å². The van der Waals surface area contributed by atoms with E-state index >= 15 is 0 Å². The van der Waals surface area contributed by atoms with Gasteiger partial charge in [-0.05, 0) is 60.2 Å². The van der Waals surface area contributed by atoms with Crippen molar-refractivity contribution in [2.45, 2.75) is 39.0 Å². The topological polar surface area (TPSA) is 83.5 Å². The molecular weight excluding hydrogens is 462 g/mol. The van der Waals surface area contributed by atoms with Gasteiger partial charge in [0.1, 0.15) is 0 Å². The van der Waals surface area contributed by atoms with Crippen LogP contribution in [-0.4, -0.2) is 29.3 Å². The summed E-state index contributed by atoms with van der Waals surface area (Å²) in [5.41, 5.74) is 3.95. The Labute approximate surface area is 211 Å². The molecule has 0 heterocycles. The summed E-state index contributed by atoms with van der Waals surface area (Å²) in [6, 6.07) is 21.8. The fourth-order valence-corrected chi connectivity index (χ4v) is 3.92. The van der Waals surface area contributed by atoms with Crippen LogP contribution < -0.4 is 5.32 Å². The summed E-state index contributed by atoms with van der Waals surface area (Å²) in [7, 11) is 0. The van der Waals surface area contributed by atoms with Gasteiger partial charge in [-0.25, -0.2) is 0 Å². The molecule has 0 aliphatic heterocycles. The van der Waals surface area contributed by atoms with Crippen LogP contribution in [0.25, 0.3) is 11.1 Å². The molecule has 0 spiro atoms. The summed E-state index contributed by atoms with van der Waals surface area (Å²) >= 11 is 5.94. The van der Waals surface area contributed by atoms with E-state index in [0.717, 1.165) is 29.5 Å². The van der Waals surface area contributed by atoms with Gasteiger partial charge in [-0.1, -0.05) is 73.5 Å². The van der Waals surface area contributed by atoms with Crippen molar-refractivity contribution in [1.82, 2.24) is 5.32 Å². The second-order valence-electron chi connectivity index (χ2n) is 8.59. The Morgan fingerprint density at radius 3 is 2.00 bits per heavy atom. The lowest BCUT2D eigenvalue weighted by molar-refractivity contribution is -0.141. The number of hydrogen-bond acceptors (Lipinski definition) is 3. The molecule has 3 aromatic rings. The van der Waals surface area contributed by atoms with Crippen molar-refractivity contribution in [3.63, 3.8) is 0 Å². The van der Waals surface area contributed by atoms with Crippen LogP contribution in [0.2, 0.25) is 5.02 Å². The Bertz CT molecular complexity index is 1140. The van der Waals surface area contributed by atoms with Gasteiger partial charge in [0.25, 0.3) is 5.91 Å². The highest BCUT2D eigenvalue weighted by molar-refractivity contribution is 6.30. The van der Waals surface area contributed by atoms with Crippen molar-refractivity contribution in [2.24, 2.45) is 5.92 Å². The molecule has 0 radical (unpaired) electrons. The number of hydrogen-bond donors (Lipinski definition) is 2. The maximum atomic E-state index is 12.8. The normalized spacial score (nSPS) is 11.6. The Kier molecular flexibility index (Phi) is 9.62. The van der Waals surface area contributed by atoms with E-state index in [-0.39, 0.29) is 18.1 Å². The van der Waals surface area contributed by atoms with E-state index in [1.54, 1.807) is 24.3 Å². The number of aryl methyl sites for hydroxylation is 1. The molecule has 0 aromatic heterocycles. The average Bonchev–Trinajstić information content (AvgIpc) is 2.87. The van der Waals surface area contributed by atoms with Gasteiger partial charge in [-0.15, -0.1) is 0 Å². The zero-order valence-electron chi connectivity index (χ0n) is 19.8. The lowest BCUT2D eigenvalue weighted by Crippen LogP contribution is -2.24. The molecule has 0 saturated heterocycles. The molecule has 1 unspecified atom stereocenters. The zero-order chi connectivity index (χ0) is 25.2. The number of aliphatic carboxylic acids is 1. The van der Waals surface area contributed by atoms with Crippen LogP contribution >= 0.6 is 11.6 Å². The smallest absolute Gasteiger partial charge is 0.306 e. The number of nitrogens with one attached hydrogen (secondary N) is 1. The molecule has 3 rings (SSSR count). The number of carbonyl (C=O) groups is 3. The van der Waals surface area contributed by atoms with Gasteiger partial charge in [0.05, 0.1) is 5.92 Å². The Hall–Kier alpha value is -3.44. The van der Waals surface area contributed by atoms with Gasteiger partial charge in [-0.3, -0.25) is 14.4 Å². The first kappa shape index (κ1) is 26.2. The summed E-state index contributed by atoms with van der Waals surface area (Å²) in [5.74, 6) is -2.07. The van der Waals surface area contributed by atoms with Crippen molar-refractivity contribution < 1.29 is 19.5 Å². The van der Waals surface area contributed by atoms with E-state index in [2.05, 4.69) is 12.2 Å². The molecule has 35 heavy (non-hydrogen) atoms. The minimum absolute atomic E-state index is 0.0620. The molecule has 0 aliphatic rings. The van der Waals surface area contributed by atoms with E-state index in [1.165, 1.54) is 0 Å². The summed E-state index contributed by atoms with van der Waals surface area (Å²) in [5, 5.41) is 13.2. The summed E-state index contributed by atoms with van der Waals surface area (Å²) in [6.07, 6.45) is 2.74. The highest BCUT2D eigenvalue weighted by atomic mass is 35.5. The molecule has 1 atom stereocenters. The maximum absolute atomic E-state index is 12.8. The number of unbranched alkanes of at least 4 members (excludes halogenated alkanes) is 1. The number of carboxylic acids is 1. The Morgan fingerprint density at radius 1 is 0.857 bits per heavy atom. The first-order valence-electron chi connectivity index (χ1n) is 11.9. The van der Waals surface area contributed by atoms with Crippen LogP contribution in [0.15, 0.2) is 72.8 Å². The first-order chi connectivity index (χ1) is 16.9. The van der Waals surface area contributed by atoms with Crippen LogP contribution in [0.4, 0.5) is 0 Å². The van der Waals surface area contributed by atoms with E-state index in [4.69, 9.17) is 11.6 Å². The van der Waals surface area contributed by atoms with Crippen LogP contribution in [0.3, 0.4) is 0 Å². The molecular formula is C29H30ClNO4. The lowest BCUT2D eigenvalue weighted by atomic mass is 9.92. The van der Waals surface area contributed by atoms with E-state index in [1.807, 2.05) is 48.5 Å². The number of carboxylic acid groups (broad SMARTS) is 1. The molecule has 0 saturated carbocycles. The third-order valence-corrected chi connectivity index (χ3v) is 6.23. The standard InChI is InChI=1S/C29H30ClNO4/c1-2-3-18-31-28(33)24-7-4-20(5-8-24)6-9-25(29(34)35)19-27(32)23-12-10-21(11-13-23)22-14-16-26(30)17-15-22/h4-5,7-8,10-17,25H,2-3,6,9,18-19H2,1H3,(H,31,33)(H,34,35). The van der Waals surface area contributed by atoms with E-state index in [0.29, 0.717) is 35.5 Å². The van der Waals surface area contributed by atoms with Gasteiger partial charge >= 0.3 is 5.97 Å². The monoisotopic (exact) mass is 491 g/mol. The van der Waals surface area contributed by atoms with Crippen molar-refractivity contribution in [3.05, 3.63) is 94.5 Å². The quantitative estimate of drug-likeness (QED) is 0.225. The van der Waals surface area contributed by atoms with Crippen LogP contribution in [0.5, 0.6) is 0 Å². The van der Waals surface area contributed by atoms with E-state index in [9.17, 15) is 19.5 Å². The molecule has 0 bridgehead atoms. The van der Waals surface area contributed by atoms with Crippen molar-refractivity contribution in [1.29, 1.82) is 0 Å². The third kappa shape index (κ3) is 7.79. The minimum Gasteiger partial charge on any atom is -0.481 e. The van der Waals surface area contributed by atoms with Gasteiger partial charge in [-0.2, -0.15) is 0 Å². The lowest BCUT2D eigenvalue weighted by Gasteiger charge is -2.12. The minimum atomic E-state index is -0.983. The van der Waals surface area contributed by atoms with Gasteiger partial charge < -0.3 is 10.4 Å². The zero-order valence-corrected chi connectivity index (χ0v) is 20.6. The number of Topliss-reactive ketones (excluding diaryl/α,β-unsaturated/α-hetero) is 1. The highest BCUT2D eigenvalue weighted by Gasteiger charge is 2.22. The van der Waals surface area contributed by atoms with Gasteiger partial charge in [0.15, 0.2) is 5.78 Å². The molecule has 2 N–H and O–H groups in total. The number of carbonyl (C=O) groups excluding carboxylic acids is 2. The SMILES string of the molecule is CCCCNC(=O)c1ccc(CCC(CC(=O)c2ccc(-c3ccc(Cl)cc3)cc2)C(=O)O)cc1. The number of rotatable bonds is 12. The van der Waals surface area contributed by atoms with Crippen LogP contribution in [0.1, 0.15) is 58.9 Å². The third-order valence-electron chi connectivity index (χ3n) is 5.98. The Balaban J connectivity index is 1.56. The fraction of sp³-hybridized carbons (Fsp3) is 0.276. The summed E-state index contributed by atoms with van der Waals surface area (Å²) < 4.78 is 0. The fourth-order valence-electron chi connectivity index (χ4n) is 3.79. The number of amides is 1. The predicted octanol–water partition coefficient (Wildman–Crippen LogP) is 6.44. The molecule has 6 heteroatoms. The molecule has 3 aromatic carbocycles. The molecule has 182 valence electrons. The number of benzene rings is 3. The second kappa shape index (κ2) is 12.9. The number of halogens is 1. The molecule has 5 nitrogen and oxygen atoms in total. The Morgan fingerprint density at radius 2 is 1.43 bits per heavy atom. The highest BCUT2D eigenvalue weighted by Crippen LogP contribution is 2.23. The summed E-state index contributed by atoms with van der Waals surface area (Å²) in [4.78, 5) is 36.7. The van der Waals surface area contributed by atoms with Crippen LogP contribution in [-0.2, 0) is 11.2 Å². The van der Waals surface area contributed by atoms with Crippen LogP contribution in [0, 0.1) is 5.92 Å². The summed E-state index contributed by atoms with van der Waals surface area (Å²) in [6.45, 7) is 2.72. The van der Waals surface area contributed by atoms with E-state index < -0.39 is 11.9 Å². The van der Waals surface area contributed by atoms with Gasteiger partial charge in [0, 0.05) is 29.1 Å². The molecule has 0 aliphatic carbocycles. The molecule has 0 fully saturated rings. The average molecular weight is 492 g/mol. The first-order valence-corrected chi connectivity index (χ1v) is 12.2. The largest absolute Gasteiger partial charge is 0.481 e. The van der Waals surface area contributed by atoms with Crippen molar-refractivity contribution >= 4 is 29.3 Å². The number of ketones is 1.